The van der Waals surface area contributed by atoms with Gasteiger partial charge in [-0.25, -0.2) is 8.42 Å². The van der Waals surface area contributed by atoms with Gasteiger partial charge in [-0.2, -0.15) is 0 Å². The van der Waals surface area contributed by atoms with Crippen LogP contribution in [0.25, 0.3) is 0 Å². The van der Waals surface area contributed by atoms with Crippen molar-refractivity contribution in [3.8, 4) is 0 Å². The van der Waals surface area contributed by atoms with Crippen LogP contribution in [0.15, 0.2) is 30.3 Å². The van der Waals surface area contributed by atoms with Crippen molar-refractivity contribution in [3.63, 3.8) is 0 Å². The summed E-state index contributed by atoms with van der Waals surface area (Å²) in [6.45, 7) is 3.77. The highest BCUT2D eigenvalue weighted by Gasteiger charge is 2.31. The van der Waals surface area contributed by atoms with Crippen molar-refractivity contribution in [2.75, 3.05) is 6.26 Å². The van der Waals surface area contributed by atoms with E-state index in [1.165, 1.54) is 6.26 Å². The molecule has 0 heterocycles. The van der Waals surface area contributed by atoms with Gasteiger partial charge in [-0.15, -0.1) is 0 Å². The molecule has 0 saturated heterocycles. The second kappa shape index (κ2) is 4.97. The monoisotopic (exact) mass is 241 g/mol. The van der Waals surface area contributed by atoms with E-state index in [1.54, 1.807) is 0 Å². The summed E-state index contributed by atoms with van der Waals surface area (Å²) in [5.74, 6) is 0.00482. The fraction of sp³-hybridized carbons (Fsp3) is 0.500. The molecule has 1 aromatic carbocycles. The van der Waals surface area contributed by atoms with Crippen molar-refractivity contribution in [2.45, 2.75) is 25.1 Å². The normalized spacial score (nSPS) is 16.1. The first-order valence-corrected chi connectivity index (χ1v) is 7.29. The second-order valence-electron chi connectivity index (χ2n) is 4.47. The van der Waals surface area contributed by atoms with Crippen LogP contribution in [0.5, 0.6) is 0 Å². The SMILES string of the molecule is CC(C)C(C(N)c1ccccc1)S(C)(=O)=O. The van der Waals surface area contributed by atoms with E-state index < -0.39 is 21.1 Å². The molecule has 1 rings (SSSR count). The summed E-state index contributed by atoms with van der Waals surface area (Å²) in [5.41, 5.74) is 6.91. The smallest absolute Gasteiger partial charge is 0.152 e. The Balaban J connectivity index is 3.07. The van der Waals surface area contributed by atoms with Crippen molar-refractivity contribution in [3.05, 3.63) is 35.9 Å². The lowest BCUT2D eigenvalue weighted by Gasteiger charge is -2.25. The van der Waals surface area contributed by atoms with Gasteiger partial charge >= 0.3 is 0 Å². The van der Waals surface area contributed by atoms with Gasteiger partial charge in [0.05, 0.1) is 5.25 Å². The molecule has 2 atom stereocenters. The van der Waals surface area contributed by atoms with E-state index >= 15 is 0 Å². The summed E-state index contributed by atoms with van der Waals surface area (Å²) in [5, 5.41) is -0.532. The molecule has 0 aliphatic rings. The van der Waals surface area contributed by atoms with E-state index in [0.717, 1.165) is 5.56 Å². The lowest BCUT2D eigenvalue weighted by Crippen LogP contribution is -2.37. The molecule has 90 valence electrons. The van der Waals surface area contributed by atoms with Gasteiger partial charge in [0, 0.05) is 12.3 Å². The molecule has 0 radical (unpaired) electrons. The van der Waals surface area contributed by atoms with Gasteiger partial charge in [-0.05, 0) is 11.5 Å². The zero-order valence-electron chi connectivity index (χ0n) is 9.92. The molecule has 0 fully saturated rings. The first-order valence-electron chi connectivity index (χ1n) is 5.33. The third-order valence-electron chi connectivity index (χ3n) is 2.69. The fourth-order valence-corrected chi connectivity index (χ4v) is 3.72. The van der Waals surface area contributed by atoms with E-state index in [9.17, 15) is 8.42 Å². The number of sulfone groups is 1. The van der Waals surface area contributed by atoms with Crippen molar-refractivity contribution in [2.24, 2.45) is 11.7 Å². The standard InChI is InChI=1S/C12H19NO2S/c1-9(2)12(16(3,14)15)11(13)10-7-5-4-6-8-10/h4-9,11-12H,13H2,1-3H3. The van der Waals surface area contributed by atoms with Crippen molar-refractivity contribution < 1.29 is 8.42 Å². The minimum absolute atomic E-state index is 0.00482. The lowest BCUT2D eigenvalue weighted by molar-refractivity contribution is 0.485. The molecule has 4 heteroatoms. The van der Waals surface area contributed by atoms with Crippen molar-refractivity contribution in [1.29, 1.82) is 0 Å². The number of hydrogen-bond acceptors (Lipinski definition) is 3. The van der Waals surface area contributed by atoms with Crippen molar-refractivity contribution >= 4 is 9.84 Å². The van der Waals surface area contributed by atoms with E-state index in [-0.39, 0.29) is 5.92 Å². The number of benzene rings is 1. The molecular weight excluding hydrogens is 222 g/mol. The molecule has 0 bridgehead atoms. The Morgan fingerprint density at radius 1 is 1.12 bits per heavy atom. The zero-order valence-corrected chi connectivity index (χ0v) is 10.7. The van der Waals surface area contributed by atoms with Crippen LogP contribution in [-0.4, -0.2) is 19.9 Å². The molecule has 16 heavy (non-hydrogen) atoms. The zero-order chi connectivity index (χ0) is 12.3. The number of nitrogens with two attached hydrogens (primary N) is 1. The maximum absolute atomic E-state index is 11.7. The van der Waals surface area contributed by atoms with E-state index in [2.05, 4.69) is 0 Å². The summed E-state index contributed by atoms with van der Waals surface area (Å²) in [6, 6.07) is 8.90. The largest absolute Gasteiger partial charge is 0.323 e. The van der Waals surface area contributed by atoms with Gasteiger partial charge in [-0.3, -0.25) is 0 Å². The molecule has 0 aliphatic carbocycles. The topological polar surface area (TPSA) is 60.2 Å². The number of rotatable bonds is 4. The van der Waals surface area contributed by atoms with Gasteiger partial charge in [0.2, 0.25) is 0 Å². The lowest BCUT2D eigenvalue weighted by atomic mass is 9.97. The van der Waals surface area contributed by atoms with Crippen LogP contribution >= 0.6 is 0 Å². The summed E-state index contributed by atoms with van der Waals surface area (Å²) in [6.07, 6.45) is 1.25. The third kappa shape index (κ3) is 3.06. The Morgan fingerprint density at radius 3 is 2.00 bits per heavy atom. The maximum Gasteiger partial charge on any atom is 0.152 e. The van der Waals surface area contributed by atoms with Gasteiger partial charge in [-0.1, -0.05) is 44.2 Å². The van der Waals surface area contributed by atoms with Crippen LogP contribution in [0, 0.1) is 5.92 Å². The quantitative estimate of drug-likeness (QED) is 0.873. The molecule has 2 unspecified atom stereocenters. The summed E-state index contributed by atoms with van der Waals surface area (Å²) >= 11 is 0. The second-order valence-corrected chi connectivity index (χ2v) is 6.68. The average Bonchev–Trinajstić information content (AvgIpc) is 2.16. The highest BCUT2D eigenvalue weighted by molar-refractivity contribution is 7.91. The highest BCUT2D eigenvalue weighted by Crippen LogP contribution is 2.25. The van der Waals surface area contributed by atoms with Gasteiger partial charge in [0.15, 0.2) is 9.84 Å². The molecular formula is C12H19NO2S. The van der Waals surface area contributed by atoms with Crippen molar-refractivity contribution in [1.82, 2.24) is 0 Å². The van der Waals surface area contributed by atoms with Gasteiger partial charge in [0.25, 0.3) is 0 Å². The molecule has 0 saturated carbocycles. The Morgan fingerprint density at radius 2 is 1.62 bits per heavy atom. The minimum Gasteiger partial charge on any atom is -0.323 e. The minimum atomic E-state index is -3.14. The summed E-state index contributed by atoms with van der Waals surface area (Å²) in [7, 11) is -3.14. The van der Waals surface area contributed by atoms with Gasteiger partial charge < -0.3 is 5.73 Å². The predicted octanol–water partition coefficient (Wildman–Crippen LogP) is 1.76. The highest BCUT2D eigenvalue weighted by atomic mass is 32.2. The van der Waals surface area contributed by atoms with Crippen LogP contribution < -0.4 is 5.73 Å². The Kier molecular flexibility index (Phi) is 4.10. The molecule has 0 aromatic heterocycles. The Hall–Kier alpha value is -0.870. The van der Waals surface area contributed by atoms with E-state index in [0.29, 0.717) is 0 Å². The van der Waals surface area contributed by atoms with E-state index in [4.69, 9.17) is 5.73 Å². The van der Waals surface area contributed by atoms with Crippen LogP contribution in [0.4, 0.5) is 0 Å². The first-order chi connectivity index (χ1) is 7.34. The van der Waals surface area contributed by atoms with Crippen LogP contribution in [0.1, 0.15) is 25.5 Å². The van der Waals surface area contributed by atoms with E-state index in [1.807, 2.05) is 44.2 Å². The van der Waals surface area contributed by atoms with Crippen LogP contribution in [0.3, 0.4) is 0 Å². The third-order valence-corrected chi connectivity index (χ3v) is 4.52. The molecule has 0 aliphatic heterocycles. The molecule has 0 spiro atoms. The molecule has 3 nitrogen and oxygen atoms in total. The average molecular weight is 241 g/mol. The predicted molar refractivity (Wildman–Crippen MR) is 66.8 cm³/mol. The first kappa shape index (κ1) is 13.2. The van der Waals surface area contributed by atoms with Crippen LogP contribution in [-0.2, 0) is 9.84 Å². The molecule has 0 amide bonds. The summed E-state index contributed by atoms with van der Waals surface area (Å²) in [4.78, 5) is 0. The molecule has 2 N–H and O–H groups in total. The van der Waals surface area contributed by atoms with Gasteiger partial charge in [0.1, 0.15) is 0 Å². The van der Waals surface area contributed by atoms with Crippen LogP contribution in [0.2, 0.25) is 0 Å². The fourth-order valence-electron chi connectivity index (χ4n) is 2.04. The number of hydrogen-bond donors (Lipinski definition) is 1. The maximum atomic E-state index is 11.7. The Bertz CT molecular complexity index is 426. The summed E-state index contributed by atoms with van der Waals surface area (Å²) < 4.78 is 23.4. The Labute approximate surface area is 97.6 Å². The molecule has 1 aromatic rings.